The van der Waals surface area contributed by atoms with E-state index in [0.717, 1.165) is 4.90 Å². The van der Waals surface area contributed by atoms with E-state index in [1.54, 1.807) is 37.3 Å². The van der Waals surface area contributed by atoms with Crippen molar-refractivity contribution in [3.05, 3.63) is 47.2 Å². The van der Waals surface area contributed by atoms with Crippen molar-refractivity contribution < 1.29 is 29.1 Å². The molecule has 180 valence electrons. The van der Waals surface area contributed by atoms with Gasteiger partial charge in [-0.1, -0.05) is 30.3 Å². The number of fused-ring (bicyclic) bond motifs is 1. The fourth-order valence-corrected chi connectivity index (χ4v) is 5.52. The van der Waals surface area contributed by atoms with Gasteiger partial charge < -0.3 is 20.6 Å². The molecule has 0 aromatic heterocycles. The van der Waals surface area contributed by atoms with E-state index < -0.39 is 47.3 Å². The molecule has 0 spiro atoms. The Morgan fingerprint density at radius 3 is 2.50 bits per heavy atom. The van der Waals surface area contributed by atoms with Gasteiger partial charge in [0.25, 0.3) is 5.91 Å². The molecule has 3 N–H and O–H groups in total. The van der Waals surface area contributed by atoms with Gasteiger partial charge in [-0.25, -0.2) is 19.3 Å². The van der Waals surface area contributed by atoms with E-state index in [-0.39, 0.29) is 12.2 Å². The number of hydrogen-bond donors (Lipinski definition) is 3. The first-order chi connectivity index (χ1) is 16.2. The van der Waals surface area contributed by atoms with Gasteiger partial charge in [-0.05, 0) is 25.0 Å². The summed E-state index contributed by atoms with van der Waals surface area (Å²) in [6, 6.07) is 5.29. The van der Waals surface area contributed by atoms with Crippen molar-refractivity contribution in [1.82, 2.24) is 25.3 Å². The maximum atomic E-state index is 13.3. The molecule has 11 nitrogen and oxygen atoms in total. The Labute approximate surface area is 200 Å². The van der Waals surface area contributed by atoms with Crippen LogP contribution in [0.5, 0.6) is 0 Å². The lowest BCUT2D eigenvalue weighted by Gasteiger charge is -2.49. The van der Waals surface area contributed by atoms with Crippen molar-refractivity contribution in [3.8, 4) is 0 Å². The van der Waals surface area contributed by atoms with Crippen molar-refractivity contribution in [3.63, 3.8) is 0 Å². The first-order valence-electron chi connectivity index (χ1n) is 10.8. The number of urea groups is 2. The van der Waals surface area contributed by atoms with Crippen molar-refractivity contribution >= 4 is 41.6 Å². The fourth-order valence-electron chi connectivity index (χ4n) is 4.22. The normalized spacial score (nSPS) is 22.8. The third-order valence-corrected chi connectivity index (χ3v) is 7.47. The Morgan fingerprint density at radius 2 is 1.88 bits per heavy atom. The Balaban J connectivity index is 1.50. The number of carbonyl (C=O) groups is 5. The molecule has 1 aromatic carbocycles. The van der Waals surface area contributed by atoms with Gasteiger partial charge in [-0.2, -0.15) is 0 Å². The number of aliphatic carboxylic acids is 1. The molecule has 3 atom stereocenters. The summed E-state index contributed by atoms with van der Waals surface area (Å²) >= 11 is 1.36. The number of β-lactam (4-membered cyclic amide) rings is 1. The molecule has 34 heavy (non-hydrogen) atoms. The zero-order valence-corrected chi connectivity index (χ0v) is 19.5. The van der Waals surface area contributed by atoms with E-state index in [1.807, 2.05) is 6.92 Å². The molecule has 6 amide bonds. The molecule has 3 aliphatic heterocycles. The molecule has 3 heterocycles. The number of imide groups is 1. The molecule has 1 unspecified atom stereocenters. The van der Waals surface area contributed by atoms with Crippen molar-refractivity contribution in [2.45, 2.75) is 31.3 Å². The number of nitrogens with zero attached hydrogens (tertiary/aromatic N) is 3. The summed E-state index contributed by atoms with van der Waals surface area (Å²) in [4.78, 5) is 66.6. The van der Waals surface area contributed by atoms with Gasteiger partial charge in [0.05, 0.1) is 0 Å². The molecule has 0 bridgehead atoms. The van der Waals surface area contributed by atoms with Gasteiger partial charge in [0.15, 0.2) is 0 Å². The van der Waals surface area contributed by atoms with Crippen LogP contribution in [-0.2, 0) is 14.4 Å². The third-order valence-electron chi connectivity index (χ3n) is 6.04. The minimum absolute atomic E-state index is 0.0554. The predicted molar refractivity (Wildman–Crippen MR) is 122 cm³/mol. The number of hydrogen-bond acceptors (Lipinski definition) is 6. The fraction of sp³-hybridized carbons (Fsp3) is 0.409. The van der Waals surface area contributed by atoms with Gasteiger partial charge in [0.1, 0.15) is 23.2 Å². The largest absolute Gasteiger partial charge is 0.477 e. The van der Waals surface area contributed by atoms with Gasteiger partial charge >= 0.3 is 18.0 Å². The van der Waals surface area contributed by atoms with Crippen LogP contribution < -0.4 is 10.6 Å². The molecule has 2 saturated heterocycles. The molecular weight excluding hydrogens is 462 g/mol. The van der Waals surface area contributed by atoms with Crippen LogP contribution >= 0.6 is 11.8 Å². The van der Waals surface area contributed by atoms with E-state index in [0.29, 0.717) is 30.0 Å². The molecule has 0 aliphatic carbocycles. The highest BCUT2D eigenvalue weighted by Gasteiger charge is 2.54. The van der Waals surface area contributed by atoms with Gasteiger partial charge in [-0.3, -0.25) is 14.5 Å². The van der Waals surface area contributed by atoms with Crippen LogP contribution in [0, 0.1) is 0 Å². The predicted octanol–water partition coefficient (Wildman–Crippen LogP) is 0.953. The van der Waals surface area contributed by atoms with E-state index in [9.17, 15) is 29.1 Å². The minimum atomic E-state index is -1.19. The van der Waals surface area contributed by atoms with Crippen LogP contribution in [0.1, 0.15) is 25.5 Å². The summed E-state index contributed by atoms with van der Waals surface area (Å²) in [5, 5.41) is 14.2. The van der Waals surface area contributed by atoms with Crippen LogP contribution in [0.3, 0.4) is 0 Å². The highest BCUT2D eigenvalue weighted by Crippen LogP contribution is 2.40. The first-order valence-corrected chi connectivity index (χ1v) is 11.9. The van der Waals surface area contributed by atoms with Crippen LogP contribution in [0.4, 0.5) is 9.59 Å². The average molecular weight is 488 g/mol. The molecular formula is C22H25N5O6S. The van der Waals surface area contributed by atoms with Gasteiger partial charge in [0, 0.05) is 25.4 Å². The number of amides is 6. The Bertz CT molecular complexity index is 1080. The smallest absolute Gasteiger partial charge is 0.352 e. The zero-order valence-electron chi connectivity index (χ0n) is 18.7. The standard InChI is InChI=1S/C22H25N5O6S/c1-3-25-9-10-26(22(25)33)21(32)24-14(13-7-5-4-6-8-13)17(28)23-15-18(29)27-16(20(30)31)12(2)11-34-19(15)27/h4-8,14-15,19H,3,9-11H2,1-2H3,(H,23,28)(H,24,32)(H,30,31)/t14-,15?,19-/m1/s1. The lowest BCUT2D eigenvalue weighted by molar-refractivity contribution is -0.151. The molecule has 4 rings (SSSR count). The second-order valence-corrected chi connectivity index (χ2v) is 9.24. The Kier molecular flexibility index (Phi) is 6.51. The molecule has 0 saturated carbocycles. The monoisotopic (exact) mass is 487 g/mol. The summed E-state index contributed by atoms with van der Waals surface area (Å²) < 4.78 is 0. The van der Waals surface area contributed by atoms with E-state index in [2.05, 4.69) is 10.6 Å². The first kappa shape index (κ1) is 23.6. The SMILES string of the molecule is CCN1CCN(C(=O)N[C@@H](C(=O)NC2C(=O)N3C(C(=O)O)=C(C)CS[C@H]23)c2ccccc2)C1=O. The quantitative estimate of drug-likeness (QED) is 0.508. The topological polar surface area (TPSA) is 139 Å². The number of benzene rings is 1. The lowest BCUT2D eigenvalue weighted by atomic mass is 10.0. The van der Waals surface area contributed by atoms with E-state index >= 15 is 0 Å². The highest BCUT2D eigenvalue weighted by molar-refractivity contribution is 8.00. The molecule has 0 radical (unpaired) electrons. The van der Waals surface area contributed by atoms with E-state index in [1.165, 1.54) is 21.6 Å². The zero-order chi connectivity index (χ0) is 24.6. The Morgan fingerprint density at radius 1 is 1.18 bits per heavy atom. The maximum absolute atomic E-state index is 13.3. The summed E-state index contributed by atoms with van der Waals surface area (Å²) in [6.45, 7) is 4.56. The molecule has 12 heteroatoms. The van der Waals surface area contributed by atoms with Crippen LogP contribution in [0.15, 0.2) is 41.6 Å². The number of thioether (sulfide) groups is 1. The number of likely N-dealkylation sites (N-methyl/N-ethyl adjacent to an activating group) is 1. The second-order valence-electron chi connectivity index (χ2n) is 8.14. The van der Waals surface area contributed by atoms with Crippen LogP contribution in [0.2, 0.25) is 0 Å². The molecule has 2 fully saturated rings. The lowest BCUT2D eigenvalue weighted by Crippen LogP contribution is -2.71. The van der Waals surface area contributed by atoms with Crippen LogP contribution in [0.25, 0.3) is 0 Å². The number of carbonyl (C=O) groups excluding carboxylic acids is 4. The Hall–Kier alpha value is -3.54. The maximum Gasteiger partial charge on any atom is 0.352 e. The number of carboxylic acids is 1. The average Bonchev–Trinajstić information content (AvgIpc) is 3.21. The number of carboxylic acid groups (broad SMARTS) is 1. The minimum Gasteiger partial charge on any atom is -0.477 e. The second kappa shape index (κ2) is 9.37. The highest BCUT2D eigenvalue weighted by atomic mass is 32.2. The summed E-state index contributed by atoms with van der Waals surface area (Å²) in [6.07, 6.45) is 0. The van der Waals surface area contributed by atoms with Crippen molar-refractivity contribution in [2.75, 3.05) is 25.4 Å². The van der Waals surface area contributed by atoms with Gasteiger partial charge in [0.2, 0.25) is 5.91 Å². The summed E-state index contributed by atoms with van der Waals surface area (Å²) in [5.74, 6) is -1.91. The number of rotatable bonds is 6. The van der Waals surface area contributed by atoms with Crippen molar-refractivity contribution in [1.29, 1.82) is 0 Å². The summed E-state index contributed by atoms with van der Waals surface area (Å²) in [7, 11) is 0. The van der Waals surface area contributed by atoms with Crippen molar-refractivity contribution in [2.24, 2.45) is 0 Å². The number of nitrogens with one attached hydrogen (secondary N) is 2. The third kappa shape index (κ3) is 4.09. The summed E-state index contributed by atoms with van der Waals surface area (Å²) in [5.41, 5.74) is 1.01. The van der Waals surface area contributed by atoms with Gasteiger partial charge in [-0.15, -0.1) is 11.8 Å². The molecule has 1 aromatic rings. The van der Waals surface area contributed by atoms with E-state index in [4.69, 9.17) is 0 Å². The van der Waals surface area contributed by atoms with Crippen LogP contribution in [-0.4, -0.2) is 86.5 Å². The molecule has 3 aliphatic rings.